The molecule has 78 valence electrons. The highest BCUT2D eigenvalue weighted by Crippen LogP contribution is 2.32. The summed E-state index contributed by atoms with van der Waals surface area (Å²) in [6.07, 6.45) is -0.484. The first-order valence-corrected chi connectivity index (χ1v) is 4.40. The summed E-state index contributed by atoms with van der Waals surface area (Å²) < 4.78 is 0. The zero-order chi connectivity index (χ0) is 11.0. The van der Waals surface area contributed by atoms with Gasteiger partial charge in [-0.2, -0.15) is 0 Å². The van der Waals surface area contributed by atoms with E-state index in [1.165, 1.54) is 19.1 Å². The van der Waals surface area contributed by atoms with E-state index in [0.717, 1.165) is 0 Å². The molecule has 0 saturated carbocycles. The average molecular weight is 207 g/mol. The Morgan fingerprint density at radius 3 is 2.67 bits per heavy atom. The van der Waals surface area contributed by atoms with Crippen LogP contribution in [-0.4, -0.2) is 16.9 Å². The van der Waals surface area contributed by atoms with Crippen LogP contribution in [0.25, 0.3) is 0 Å². The maximum atomic E-state index is 11.1. The topological polar surface area (TPSA) is 84.3 Å². The Balaban J connectivity index is 2.31. The number of hydrogen-bond donors (Lipinski definition) is 2. The number of hydrogen-bond acceptors (Lipinski definition) is 5. The van der Waals surface area contributed by atoms with Gasteiger partial charge in [-0.3, -0.25) is 14.9 Å². The van der Waals surface area contributed by atoms with Crippen LogP contribution in [0.4, 0.5) is 17.1 Å². The summed E-state index contributed by atoms with van der Waals surface area (Å²) in [6, 6.07) is 4.39. The molecule has 0 fully saturated rings. The standard InChI is InChI=1S/C9H9N3O3/c1-5(13)9-10-7-3-2-6(12(14)15)4-8(7)11-9/h2-4,9-11H,1H3. The molecule has 0 spiro atoms. The molecule has 0 bridgehead atoms. The second-order valence-corrected chi connectivity index (χ2v) is 3.32. The molecule has 0 aliphatic carbocycles. The number of nitro groups is 1. The van der Waals surface area contributed by atoms with Gasteiger partial charge in [0.1, 0.15) is 0 Å². The van der Waals surface area contributed by atoms with Crippen molar-refractivity contribution in [3.8, 4) is 0 Å². The number of anilines is 2. The molecule has 0 aromatic heterocycles. The quantitative estimate of drug-likeness (QED) is 0.564. The van der Waals surface area contributed by atoms with Gasteiger partial charge in [0, 0.05) is 12.1 Å². The van der Waals surface area contributed by atoms with Crippen LogP contribution in [0, 0.1) is 10.1 Å². The van der Waals surface area contributed by atoms with E-state index in [2.05, 4.69) is 10.6 Å². The number of Topliss-reactive ketones (excluding diaryl/α,β-unsaturated/α-hetero) is 1. The molecule has 1 aromatic carbocycles. The zero-order valence-electron chi connectivity index (χ0n) is 7.98. The number of rotatable bonds is 2. The molecule has 1 heterocycles. The number of nitrogens with one attached hydrogen (secondary N) is 2. The van der Waals surface area contributed by atoms with Crippen LogP contribution in [0.5, 0.6) is 0 Å². The molecule has 1 aromatic rings. The summed E-state index contributed by atoms with van der Waals surface area (Å²) in [7, 11) is 0. The third kappa shape index (κ3) is 1.61. The van der Waals surface area contributed by atoms with Crippen LogP contribution in [-0.2, 0) is 4.79 Å². The molecule has 15 heavy (non-hydrogen) atoms. The SMILES string of the molecule is CC(=O)C1Nc2ccc([N+](=O)[O-])cc2N1. The molecular formula is C9H9N3O3. The van der Waals surface area contributed by atoms with Gasteiger partial charge in [0.05, 0.1) is 16.3 Å². The maximum absolute atomic E-state index is 11.1. The fourth-order valence-corrected chi connectivity index (χ4v) is 1.44. The van der Waals surface area contributed by atoms with Crippen LogP contribution in [0.15, 0.2) is 18.2 Å². The summed E-state index contributed by atoms with van der Waals surface area (Å²) in [5, 5.41) is 16.3. The smallest absolute Gasteiger partial charge is 0.271 e. The van der Waals surface area contributed by atoms with Crippen LogP contribution >= 0.6 is 0 Å². The minimum atomic E-state index is -0.484. The van der Waals surface area contributed by atoms with Crippen LogP contribution in [0.1, 0.15) is 6.92 Å². The first-order chi connectivity index (χ1) is 7.08. The van der Waals surface area contributed by atoms with E-state index in [4.69, 9.17) is 0 Å². The predicted octanol–water partition coefficient (Wildman–Crippen LogP) is 1.35. The second kappa shape index (κ2) is 3.23. The molecule has 0 radical (unpaired) electrons. The molecular weight excluding hydrogens is 198 g/mol. The molecule has 1 aliphatic heterocycles. The lowest BCUT2D eigenvalue weighted by molar-refractivity contribution is -0.384. The molecule has 2 N–H and O–H groups in total. The van der Waals surface area contributed by atoms with Gasteiger partial charge in [-0.25, -0.2) is 0 Å². The van der Waals surface area contributed by atoms with Crippen molar-refractivity contribution in [2.75, 3.05) is 10.6 Å². The molecule has 2 rings (SSSR count). The van der Waals surface area contributed by atoms with Crippen molar-refractivity contribution in [1.29, 1.82) is 0 Å². The van der Waals surface area contributed by atoms with Gasteiger partial charge in [0.25, 0.3) is 5.69 Å². The number of carbonyl (C=O) groups is 1. The number of nitrogens with zero attached hydrogens (tertiary/aromatic N) is 1. The number of non-ortho nitro benzene ring substituents is 1. The number of ketones is 1. The van der Waals surface area contributed by atoms with Crippen LogP contribution < -0.4 is 10.6 Å². The highest BCUT2D eigenvalue weighted by molar-refractivity contribution is 5.93. The van der Waals surface area contributed by atoms with Gasteiger partial charge < -0.3 is 10.6 Å². The van der Waals surface area contributed by atoms with Gasteiger partial charge in [-0.1, -0.05) is 0 Å². The zero-order valence-corrected chi connectivity index (χ0v) is 7.98. The summed E-state index contributed by atoms with van der Waals surface area (Å²) in [5.74, 6) is -0.0612. The Kier molecular flexibility index (Phi) is 2.03. The van der Waals surface area contributed by atoms with Crippen molar-refractivity contribution < 1.29 is 9.72 Å². The number of nitro benzene ring substituents is 1. The monoisotopic (exact) mass is 207 g/mol. The molecule has 6 nitrogen and oxygen atoms in total. The lowest BCUT2D eigenvalue weighted by atomic mass is 10.2. The first kappa shape index (κ1) is 9.45. The van der Waals surface area contributed by atoms with E-state index in [0.29, 0.717) is 11.4 Å². The lowest BCUT2D eigenvalue weighted by Gasteiger charge is -2.06. The summed E-state index contributed by atoms with van der Waals surface area (Å²) >= 11 is 0. The fourth-order valence-electron chi connectivity index (χ4n) is 1.44. The van der Waals surface area contributed by atoms with E-state index >= 15 is 0 Å². The molecule has 1 atom stereocenters. The summed E-state index contributed by atoms with van der Waals surface area (Å²) in [4.78, 5) is 21.1. The van der Waals surface area contributed by atoms with Gasteiger partial charge in [0.2, 0.25) is 0 Å². The number of carbonyl (C=O) groups excluding carboxylic acids is 1. The Morgan fingerprint density at radius 2 is 2.07 bits per heavy atom. The van der Waals surface area contributed by atoms with Gasteiger partial charge in [-0.05, 0) is 13.0 Å². The molecule has 6 heteroatoms. The summed E-state index contributed by atoms with van der Waals surface area (Å²) in [6.45, 7) is 1.45. The van der Waals surface area contributed by atoms with Crippen molar-refractivity contribution in [1.82, 2.24) is 0 Å². The Morgan fingerprint density at radius 1 is 1.40 bits per heavy atom. The minimum absolute atomic E-state index is 0.00671. The lowest BCUT2D eigenvalue weighted by Crippen LogP contribution is -2.29. The molecule has 0 saturated heterocycles. The average Bonchev–Trinajstić information content (AvgIpc) is 2.59. The third-order valence-electron chi connectivity index (χ3n) is 2.22. The van der Waals surface area contributed by atoms with E-state index in [-0.39, 0.29) is 11.5 Å². The van der Waals surface area contributed by atoms with Crippen molar-refractivity contribution in [2.45, 2.75) is 13.1 Å². The second-order valence-electron chi connectivity index (χ2n) is 3.32. The Labute approximate surface area is 85.4 Å². The molecule has 1 aliphatic rings. The Bertz CT molecular complexity index is 444. The Hall–Kier alpha value is -2.11. The van der Waals surface area contributed by atoms with Gasteiger partial charge >= 0.3 is 0 Å². The van der Waals surface area contributed by atoms with Crippen LogP contribution in [0.3, 0.4) is 0 Å². The van der Waals surface area contributed by atoms with E-state index < -0.39 is 11.1 Å². The van der Waals surface area contributed by atoms with E-state index in [1.807, 2.05) is 0 Å². The van der Waals surface area contributed by atoms with Gasteiger partial charge in [0.15, 0.2) is 11.9 Å². The molecule has 1 unspecified atom stereocenters. The first-order valence-electron chi connectivity index (χ1n) is 4.40. The fraction of sp³-hybridized carbons (Fsp3) is 0.222. The number of fused-ring (bicyclic) bond motifs is 1. The largest absolute Gasteiger partial charge is 0.358 e. The van der Waals surface area contributed by atoms with Crippen molar-refractivity contribution in [3.63, 3.8) is 0 Å². The predicted molar refractivity (Wildman–Crippen MR) is 54.8 cm³/mol. The maximum Gasteiger partial charge on any atom is 0.271 e. The summed E-state index contributed by atoms with van der Waals surface area (Å²) in [5.41, 5.74) is 1.30. The van der Waals surface area contributed by atoms with E-state index in [9.17, 15) is 14.9 Å². The van der Waals surface area contributed by atoms with Crippen molar-refractivity contribution >= 4 is 22.8 Å². The van der Waals surface area contributed by atoms with E-state index in [1.54, 1.807) is 6.07 Å². The van der Waals surface area contributed by atoms with Gasteiger partial charge in [-0.15, -0.1) is 0 Å². The normalized spacial score (nSPS) is 17.5. The highest BCUT2D eigenvalue weighted by atomic mass is 16.6. The number of benzene rings is 1. The van der Waals surface area contributed by atoms with Crippen molar-refractivity contribution in [2.24, 2.45) is 0 Å². The minimum Gasteiger partial charge on any atom is -0.358 e. The molecule has 0 amide bonds. The van der Waals surface area contributed by atoms with Crippen LogP contribution in [0.2, 0.25) is 0 Å². The van der Waals surface area contributed by atoms with Crippen molar-refractivity contribution in [3.05, 3.63) is 28.3 Å². The highest BCUT2D eigenvalue weighted by Gasteiger charge is 2.24. The third-order valence-corrected chi connectivity index (χ3v) is 2.22.